The van der Waals surface area contributed by atoms with Crippen LogP contribution in [0.5, 0.6) is 5.75 Å². The Kier molecular flexibility index (Phi) is 7.44. The average Bonchev–Trinajstić information content (AvgIpc) is 2.89. The number of nitrogens with one attached hydrogen (secondary N) is 1. The van der Waals surface area contributed by atoms with E-state index < -0.39 is 5.97 Å². The van der Waals surface area contributed by atoms with Crippen LogP contribution in [0.1, 0.15) is 26.3 Å². The Morgan fingerprint density at radius 3 is 2.32 bits per heavy atom. The van der Waals surface area contributed by atoms with Gasteiger partial charge in [-0.05, 0) is 42.0 Å². The lowest BCUT2D eigenvalue weighted by atomic mass is 10.1. The summed E-state index contributed by atoms with van der Waals surface area (Å²) in [6, 6.07) is 22.7. The van der Waals surface area contributed by atoms with Gasteiger partial charge >= 0.3 is 5.97 Å². The van der Waals surface area contributed by atoms with E-state index in [0.717, 1.165) is 38.4 Å². The molecule has 4 rings (SSSR count). The molecule has 0 saturated carbocycles. The molecule has 1 heterocycles. The van der Waals surface area contributed by atoms with Crippen molar-refractivity contribution in [3.63, 3.8) is 0 Å². The predicted molar refractivity (Wildman–Crippen MR) is 133 cm³/mol. The normalized spacial score (nSPS) is 13.9. The quantitative estimate of drug-likeness (QED) is 0.538. The monoisotopic (exact) mass is 459 g/mol. The van der Waals surface area contributed by atoms with Crippen molar-refractivity contribution in [3.05, 3.63) is 89.5 Å². The van der Waals surface area contributed by atoms with Crippen LogP contribution in [0.3, 0.4) is 0 Å². The number of esters is 1. The third-order valence-corrected chi connectivity index (χ3v) is 5.96. The van der Waals surface area contributed by atoms with Gasteiger partial charge < -0.3 is 19.7 Å². The van der Waals surface area contributed by atoms with Crippen LogP contribution in [0.2, 0.25) is 0 Å². The fraction of sp³-hybridized carbons (Fsp3) is 0.259. The molecule has 1 fully saturated rings. The highest BCUT2D eigenvalue weighted by Gasteiger charge is 2.22. The van der Waals surface area contributed by atoms with Gasteiger partial charge in [0.25, 0.3) is 5.91 Å². The number of anilines is 2. The number of rotatable bonds is 7. The summed E-state index contributed by atoms with van der Waals surface area (Å²) in [5.74, 6) is -0.119. The number of carbonyl (C=O) groups excluding carboxylic acids is 2. The van der Waals surface area contributed by atoms with Crippen molar-refractivity contribution in [1.29, 1.82) is 0 Å². The second kappa shape index (κ2) is 10.9. The first-order valence-corrected chi connectivity index (χ1v) is 11.3. The van der Waals surface area contributed by atoms with Gasteiger partial charge in [0.15, 0.2) is 0 Å². The molecule has 0 radical (unpaired) electrons. The smallest absolute Gasteiger partial charge is 0.337 e. The molecule has 1 N–H and O–H groups in total. The summed E-state index contributed by atoms with van der Waals surface area (Å²) in [6.07, 6.45) is 0. The predicted octanol–water partition coefficient (Wildman–Crippen LogP) is 4.06. The lowest BCUT2D eigenvalue weighted by molar-refractivity contribution is 0.0600. The van der Waals surface area contributed by atoms with E-state index in [4.69, 9.17) is 9.47 Å². The van der Waals surface area contributed by atoms with Crippen LogP contribution in [0, 0.1) is 0 Å². The average molecular weight is 460 g/mol. The molecule has 0 aromatic heterocycles. The maximum atomic E-state index is 13.0. The lowest BCUT2D eigenvalue weighted by Gasteiger charge is -2.37. The molecule has 1 amide bonds. The standard InChI is InChI=1S/C27H29N3O4/c1-33-23-10-6-9-21(17-23)26(31)28-24-18-22(27(32)34-2)11-12-25(24)30-15-13-29(14-16-30)19-20-7-4-3-5-8-20/h3-12,17-18H,13-16,19H2,1-2H3,(H,28,31). The number of carbonyl (C=O) groups is 2. The molecule has 0 unspecified atom stereocenters. The minimum Gasteiger partial charge on any atom is -0.497 e. The molecule has 7 nitrogen and oxygen atoms in total. The van der Waals surface area contributed by atoms with Crippen molar-refractivity contribution in [2.24, 2.45) is 0 Å². The van der Waals surface area contributed by atoms with Crippen LogP contribution in [0.4, 0.5) is 11.4 Å². The van der Waals surface area contributed by atoms with E-state index in [1.807, 2.05) is 12.1 Å². The van der Waals surface area contributed by atoms with Gasteiger partial charge in [-0.15, -0.1) is 0 Å². The number of nitrogens with zero attached hydrogens (tertiary/aromatic N) is 2. The molecular weight excluding hydrogens is 430 g/mol. The van der Waals surface area contributed by atoms with Gasteiger partial charge in [0.2, 0.25) is 0 Å². The summed E-state index contributed by atoms with van der Waals surface area (Å²) in [4.78, 5) is 29.8. The number of amides is 1. The van der Waals surface area contributed by atoms with Crippen molar-refractivity contribution < 1.29 is 19.1 Å². The van der Waals surface area contributed by atoms with E-state index >= 15 is 0 Å². The minimum absolute atomic E-state index is 0.273. The molecule has 0 spiro atoms. The third kappa shape index (κ3) is 5.55. The summed E-state index contributed by atoms with van der Waals surface area (Å²) in [7, 11) is 2.91. The number of benzene rings is 3. The number of hydrogen-bond acceptors (Lipinski definition) is 6. The molecule has 1 saturated heterocycles. The number of hydrogen-bond donors (Lipinski definition) is 1. The second-order valence-corrected chi connectivity index (χ2v) is 8.16. The number of ether oxygens (including phenoxy) is 2. The summed E-state index contributed by atoms with van der Waals surface area (Å²) < 4.78 is 10.1. The minimum atomic E-state index is -0.448. The van der Waals surface area contributed by atoms with Crippen molar-refractivity contribution in [1.82, 2.24) is 4.90 Å². The van der Waals surface area contributed by atoms with Crippen LogP contribution in [-0.4, -0.2) is 57.2 Å². The third-order valence-electron chi connectivity index (χ3n) is 5.96. The van der Waals surface area contributed by atoms with Gasteiger partial charge in [-0.25, -0.2) is 4.79 Å². The fourth-order valence-electron chi connectivity index (χ4n) is 4.10. The van der Waals surface area contributed by atoms with Crippen molar-refractivity contribution in [2.45, 2.75) is 6.54 Å². The van der Waals surface area contributed by atoms with Gasteiger partial charge in [-0.3, -0.25) is 9.69 Å². The zero-order chi connectivity index (χ0) is 23.9. The second-order valence-electron chi connectivity index (χ2n) is 8.16. The van der Waals surface area contributed by atoms with Gasteiger partial charge in [0.1, 0.15) is 5.75 Å². The van der Waals surface area contributed by atoms with Crippen LogP contribution in [0.15, 0.2) is 72.8 Å². The zero-order valence-electron chi connectivity index (χ0n) is 19.5. The molecule has 3 aromatic rings. The molecule has 7 heteroatoms. The Morgan fingerprint density at radius 2 is 1.62 bits per heavy atom. The zero-order valence-corrected chi connectivity index (χ0v) is 19.5. The molecule has 0 bridgehead atoms. The highest BCUT2D eigenvalue weighted by atomic mass is 16.5. The van der Waals surface area contributed by atoms with E-state index in [2.05, 4.69) is 39.4 Å². The molecule has 34 heavy (non-hydrogen) atoms. The maximum Gasteiger partial charge on any atom is 0.337 e. The number of piperazine rings is 1. The lowest BCUT2D eigenvalue weighted by Crippen LogP contribution is -2.46. The summed E-state index contributed by atoms with van der Waals surface area (Å²) >= 11 is 0. The van der Waals surface area contributed by atoms with Crippen molar-refractivity contribution >= 4 is 23.3 Å². The Bertz CT molecular complexity index is 1140. The van der Waals surface area contributed by atoms with Gasteiger partial charge in [-0.1, -0.05) is 36.4 Å². The van der Waals surface area contributed by atoms with Gasteiger partial charge in [-0.2, -0.15) is 0 Å². The SMILES string of the molecule is COC(=O)c1ccc(N2CCN(Cc3ccccc3)CC2)c(NC(=O)c2cccc(OC)c2)c1. The van der Waals surface area contributed by atoms with E-state index in [1.165, 1.54) is 12.7 Å². The van der Waals surface area contributed by atoms with Crippen LogP contribution in [-0.2, 0) is 11.3 Å². The molecular formula is C27H29N3O4. The fourth-order valence-corrected chi connectivity index (χ4v) is 4.10. The molecule has 1 aliphatic rings. The molecule has 1 aliphatic heterocycles. The Hall–Kier alpha value is -3.84. The van der Waals surface area contributed by atoms with Crippen LogP contribution >= 0.6 is 0 Å². The van der Waals surface area contributed by atoms with E-state index in [1.54, 1.807) is 43.5 Å². The highest BCUT2D eigenvalue weighted by molar-refractivity contribution is 6.07. The maximum absolute atomic E-state index is 13.0. The number of methoxy groups -OCH3 is 2. The van der Waals surface area contributed by atoms with Gasteiger partial charge in [0, 0.05) is 38.3 Å². The summed E-state index contributed by atoms with van der Waals surface area (Å²) in [5, 5.41) is 2.99. The Morgan fingerprint density at radius 1 is 0.853 bits per heavy atom. The molecule has 3 aromatic carbocycles. The molecule has 0 atom stereocenters. The van der Waals surface area contributed by atoms with E-state index in [-0.39, 0.29) is 5.91 Å². The first kappa shape index (κ1) is 23.3. The molecule has 176 valence electrons. The van der Waals surface area contributed by atoms with Crippen molar-refractivity contribution in [3.8, 4) is 5.75 Å². The first-order valence-electron chi connectivity index (χ1n) is 11.3. The highest BCUT2D eigenvalue weighted by Crippen LogP contribution is 2.30. The largest absolute Gasteiger partial charge is 0.497 e. The molecule has 0 aliphatic carbocycles. The topological polar surface area (TPSA) is 71.1 Å². The Labute approximate surface area is 199 Å². The Balaban J connectivity index is 1.52. The van der Waals surface area contributed by atoms with E-state index in [9.17, 15) is 9.59 Å². The summed E-state index contributed by atoms with van der Waals surface area (Å²) in [6.45, 7) is 4.34. The van der Waals surface area contributed by atoms with Gasteiger partial charge in [0.05, 0.1) is 31.2 Å². The van der Waals surface area contributed by atoms with Crippen LogP contribution < -0.4 is 15.0 Å². The van der Waals surface area contributed by atoms with Crippen LogP contribution in [0.25, 0.3) is 0 Å². The van der Waals surface area contributed by atoms with E-state index in [0.29, 0.717) is 22.6 Å². The van der Waals surface area contributed by atoms with Crippen molar-refractivity contribution in [2.75, 3.05) is 50.6 Å². The first-order chi connectivity index (χ1) is 16.6. The summed E-state index contributed by atoms with van der Waals surface area (Å²) in [5.41, 5.74) is 3.61.